The maximum absolute atomic E-state index is 11.6. The van der Waals surface area contributed by atoms with Crippen molar-refractivity contribution in [3.8, 4) is 0 Å². The highest BCUT2D eigenvalue weighted by Gasteiger charge is 1.98. The van der Waals surface area contributed by atoms with Gasteiger partial charge >= 0.3 is 0 Å². The van der Waals surface area contributed by atoms with E-state index < -0.39 is 0 Å². The van der Waals surface area contributed by atoms with E-state index in [2.05, 4.69) is 17.2 Å². The molecule has 2 rings (SSSR count). The first-order valence-electron chi connectivity index (χ1n) is 6.13. The van der Waals surface area contributed by atoms with Gasteiger partial charge in [0.05, 0.1) is 5.69 Å². The molecular formula is C14H17N3O. The van der Waals surface area contributed by atoms with Crippen molar-refractivity contribution in [1.82, 2.24) is 9.55 Å². The minimum absolute atomic E-state index is 0.0475. The van der Waals surface area contributed by atoms with Gasteiger partial charge in [0.15, 0.2) is 0 Å². The summed E-state index contributed by atoms with van der Waals surface area (Å²) in [7, 11) is 0. The molecule has 0 aromatic carbocycles. The van der Waals surface area contributed by atoms with Crippen LogP contribution >= 0.6 is 0 Å². The van der Waals surface area contributed by atoms with Crippen molar-refractivity contribution < 1.29 is 0 Å². The second-order valence-corrected chi connectivity index (χ2v) is 4.16. The van der Waals surface area contributed by atoms with Crippen LogP contribution in [0.5, 0.6) is 0 Å². The zero-order valence-electron chi connectivity index (χ0n) is 10.5. The summed E-state index contributed by atoms with van der Waals surface area (Å²) in [5.41, 5.74) is 2.17. The lowest BCUT2D eigenvalue weighted by Gasteiger charge is -2.09. The molecular weight excluding hydrogens is 226 g/mol. The van der Waals surface area contributed by atoms with Crippen LogP contribution in [0.3, 0.4) is 0 Å². The molecule has 2 aromatic rings. The predicted molar refractivity (Wildman–Crippen MR) is 72.6 cm³/mol. The van der Waals surface area contributed by atoms with Crippen molar-refractivity contribution in [2.24, 2.45) is 0 Å². The molecule has 4 nitrogen and oxygen atoms in total. The summed E-state index contributed by atoms with van der Waals surface area (Å²) in [4.78, 5) is 15.5. The number of aryl methyl sites for hydroxylation is 1. The number of anilines is 1. The highest BCUT2D eigenvalue weighted by atomic mass is 16.1. The summed E-state index contributed by atoms with van der Waals surface area (Å²) in [6, 6.07) is 7.35. The van der Waals surface area contributed by atoms with Crippen molar-refractivity contribution in [2.45, 2.75) is 26.4 Å². The Morgan fingerprint density at radius 3 is 2.72 bits per heavy atom. The maximum atomic E-state index is 11.6. The Morgan fingerprint density at radius 2 is 2.00 bits per heavy atom. The quantitative estimate of drug-likeness (QED) is 0.876. The third kappa shape index (κ3) is 3.20. The van der Waals surface area contributed by atoms with E-state index in [4.69, 9.17) is 0 Å². The Kier molecular flexibility index (Phi) is 4.12. The summed E-state index contributed by atoms with van der Waals surface area (Å²) in [6.07, 6.45) is 6.37. The zero-order valence-corrected chi connectivity index (χ0v) is 10.5. The molecule has 4 heteroatoms. The monoisotopic (exact) mass is 243 g/mol. The van der Waals surface area contributed by atoms with Crippen molar-refractivity contribution in [2.75, 3.05) is 5.32 Å². The smallest absolute Gasteiger partial charge is 0.250 e. The van der Waals surface area contributed by atoms with Gasteiger partial charge in [-0.15, -0.1) is 0 Å². The van der Waals surface area contributed by atoms with Gasteiger partial charge in [-0.05, 0) is 30.2 Å². The van der Waals surface area contributed by atoms with Crippen LogP contribution in [0.4, 0.5) is 5.69 Å². The average Bonchev–Trinajstić information content (AvgIpc) is 2.41. The van der Waals surface area contributed by atoms with Crippen molar-refractivity contribution in [3.63, 3.8) is 0 Å². The van der Waals surface area contributed by atoms with Gasteiger partial charge < -0.3 is 9.88 Å². The molecule has 0 saturated heterocycles. The van der Waals surface area contributed by atoms with Crippen LogP contribution in [0.2, 0.25) is 0 Å². The van der Waals surface area contributed by atoms with E-state index >= 15 is 0 Å². The highest BCUT2D eigenvalue weighted by Crippen LogP contribution is 2.06. The van der Waals surface area contributed by atoms with Gasteiger partial charge in [-0.3, -0.25) is 9.78 Å². The van der Waals surface area contributed by atoms with Gasteiger partial charge in [0.2, 0.25) is 0 Å². The molecule has 94 valence electrons. The first-order valence-corrected chi connectivity index (χ1v) is 6.13. The van der Waals surface area contributed by atoms with E-state index in [1.165, 1.54) is 5.56 Å². The van der Waals surface area contributed by atoms with E-state index in [0.29, 0.717) is 0 Å². The third-order valence-electron chi connectivity index (χ3n) is 2.69. The minimum atomic E-state index is 0.0475. The normalized spacial score (nSPS) is 10.3. The van der Waals surface area contributed by atoms with Crippen molar-refractivity contribution >= 4 is 5.69 Å². The van der Waals surface area contributed by atoms with Crippen LogP contribution < -0.4 is 10.9 Å². The lowest BCUT2D eigenvalue weighted by Crippen LogP contribution is -2.18. The van der Waals surface area contributed by atoms with Crippen LogP contribution in [-0.4, -0.2) is 9.55 Å². The summed E-state index contributed by atoms with van der Waals surface area (Å²) in [6.45, 7) is 3.54. The Bertz CT molecular complexity index is 548. The molecule has 0 fully saturated rings. The molecule has 2 aromatic heterocycles. The Balaban J connectivity index is 2.06. The van der Waals surface area contributed by atoms with E-state index in [-0.39, 0.29) is 5.56 Å². The van der Waals surface area contributed by atoms with Gasteiger partial charge in [-0.25, -0.2) is 0 Å². The highest BCUT2D eigenvalue weighted by molar-refractivity contribution is 5.40. The molecule has 0 aliphatic heterocycles. The van der Waals surface area contributed by atoms with Crippen LogP contribution in [0, 0.1) is 0 Å². The zero-order chi connectivity index (χ0) is 12.8. The van der Waals surface area contributed by atoms with Crippen LogP contribution in [0.15, 0.2) is 47.7 Å². The summed E-state index contributed by atoms with van der Waals surface area (Å²) < 4.78 is 1.73. The van der Waals surface area contributed by atoms with Gasteiger partial charge in [-0.1, -0.05) is 6.92 Å². The second-order valence-electron chi connectivity index (χ2n) is 4.16. The largest absolute Gasteiger partial charge is 0.380 e. The lowest BCUT2D eigenvalue weighted by molar-refractivity contribution is 0.655. The minimum Gasteiger partial charge on any atom is -0.380 e. The number of hydrogen-bond donors (Lipinski definition) is 1. The number of nitrogens with one attached hydrogen (secondary N) is 1. The van der Waals surface area contributed by atoms with E-state index in [1.807, 2.05) is 24.4 Å². The summed E-state index contributed by atoms with van der Waals surface area (Å²) in [5, 5.41) is 3.30. The van der Waals surface area contributed by atoms with E-state index in [9.17, 15) is 4.79 Å². The molecule has 2 heterocycles. The molecule has 0 aliphatic rings. The summed E-state index contributed by atoms with van der Waals surface area (Å²) in [5.74, 6) is 0. The first kappa shape index (κ1) is 12.4. The molecule has 0 aliphatic carbocycles. The first-order chi connectivity index (χ1) is 8.79. The molecule has 0 atom stereocenters. The van der Waals surface area contributed by atoms with Crippen molar-refractivity contribution in [3.05, 3.63) is 58.8 Å². The fraction of sp³-hybridized carbons (Fsp3) is 0.286. The summed E-state index contributed by atoms with van der Waals surface area (Å²) >= 11 is 0. The number of pyridine rings is 2. The van der Waals surface area contributed by atoms with Crippen molar-refractivity contribution in [1.29, 1.82) is 0 Å². The maximum Gasteiger partial charge on any atom is 0.250 e. The fourth-order valence-corrected chi connectivity index (χ4v) is 1.76. The second kappa shape index (κ2) is 6.00. The number of hydrogen-bond acceptors (Lipinski definition) is 3. The Hall–Kier alpha value is -2.10. The topological polar surface area (TPSA) is 46.9 Å². The number of aromatic nitrogens is 2. The molecule has 0 unspecified atom stereocenters. The molecule has 0 spiro atoms. The fourth-order valence-electron chi connectivity index (χ4n) is 1.76. The SMILES string of the molecule is CCCn1cc(NCc2ccncc2)ccc1=O. The van der Waals surface area contributed by atoms with Crippen LogP contribution in [0.1, 0.15) is 18.9 Å². The van der Waals surface area contributed by atoms with Gasteiger partial charge in [-0.2, -0.15) is 0 Å². The van der Waals surface area contributed by atoms with Crippen LogP contribution in [-0.2, 0) is 13.1 Å². The lowest BCUT2D eigenvalue weighted by atomic mass is 10.2. The van der Waals surface area contributed by atoms with Gasteiger partial charge in [0.1, 0.15) is 0 Å². The number of nitrogens with zero attached hydrogens (tertiary/aromatic N) is 2. The third-order valence-corrected chi connectivity index (χ3v) is 2.69. The predicted octanol–water partition coefficient (Wildman–Crippen LogP) is 2.27. The van der Waals surface area contributed by atoms with Crippen LogP contribution in [0.25, 0.3) is 0 Å². The molecule has 0 radical (unpaired) electrons. The average molecular weight is 243 g/mol. The molecule has 0 bridgehead atoms. The van der Waals surface area contributed by atoms with E-state index in [0.717, 1.165) is 25.2 Å². The van der Waals surface area contributed by atoms with Gasteiger partial charge in [0, 0.05) is 37.7 Å². The molecule has 0 saturated carbocycles. The van der Waals surface area contributed by atoms with Gasteiger partial charge in [0.25, 0.3) is 5.56 Å². The number of rotatable bonds is 5. The molecule has 18 heavy (non-hydrogen) atoms. The molecule has 0 amide bonds. The standard InChI is InChI=1S/C14H17N3O/c1-2-9-17-11-13(3-4-14(17)18)16-10-12-5-7-15-8-6-12/h3-8,11,16H,2,9-10H2,1H3. The molecule has 1 N–H and O–H groups in total. The Morgan fingerprint density at radius 1 is 1.22 bits per heavy atom. The Labute approximate surface area is 106 Å². The van der Waals surface area contributed by atoms with E-state index in [1.54, 1.807) is 23.0 Å².